The number of methoxy groups -OCH3 is 1. The number of amides is 1. The molecule has 2 N–H and O–H groups in total. The van der Waals surface area contributed by atoms with Gasteiger partial charge in [0.2, 0.25) is 0 Å². The SMILES string of the molecule is CCn1nc(C(C)C)cc1C(=O)NCC(OC)C(=O)O. The first kappa shape index (κ1) is 16.2. The summed E-state index contributed by atoms with van der Waals surface area (Å²) in [7, 11) is 1.29. The van der Waals surface area contributed by atoms with Crippen molar-refractivity contribution in [3.63, 3.8) is 0 Å². The Morgan fingerprint density at radius 3 is 2.60 bits per heavy atom. The average Bonchev–Trinajstić information content (AvgIpc) is 2.83. The molecule has 0 spiro atoms. The van der Waals surface area contributed by atoms with Gasteiger partial charge in [-0.25, -0.2) is 4.79 Å². The first-order valence-electron chi connectivity index (χ1n) is 6.52. The van der Waals surface area contributed by atoms with E-state index in [9.17, 15) is 9.59 Å². The van der Waals surface area contributed by atoms with Crippen LogP contribution in [0.2, 0.25) is 0 Å². The largest absolute Gasteiger partial charge is 0.479 e. The highest BCUT2D eigenvalue weighted by Crippen LogP contribution is 2.14. The van der Waals surface area contributed by atoms with Crippen LogP contribution in [0.15, 0.2) is 6.07 Å². The van der Waals surface area contributed by atoms with Gasteiger partial charge in [-0.15, -0.1) is 0 Å². The molecular weight excluding hydrogens is 262 g/mol. The van der Waals surface area contributed by atoms with E-state index in [1.165, 1.54) is 7.11 Å². The summed E-state index contributed by atoms with van der Waals surface area (Å²) in [5.74, 6) is -1.24. The number of carbonyl (C=O) groups excluding carboxylic acids is 1. The van der Waals surface area contributed by atoms with Crippen LogP contribution < -0.4 is 5.32 Å². The highest BCUT2D eigenvalue weighted by atomic mass is 16.5. The van der Waals surface area contributed by atoms with E-state index in [0.717, 1.165) is 5.69 Å². The van der Waals surface area contributed by atoms with Crippen molar-refractivity contribution < 1.29 is 19.4 Å². The second-order valence-corrected chi connectivity index (χ2v) is 4.70. The summed E-state index contributed by atoms with van der Waals surface area (Å²) in [4.78, 5) is 22.9. The first-order valence-corrected chi connectivity index (χ1v) is 6.52. The number of aromatic nitrogens is 2. The number of carbonyl (C=O) groups is 2. The number of aliphatic carboxylic acids is 1. The van der Waals surface area contributed by atoms with E-state index in [0.29, 0.717) is 12.2 Å². The van der Waals surface area contributed by atoms with Crippen molar-refractivity contribution in [1.82, 2.24) is 15.1 Å². The summed E-state index contributed by atoms with van der Waals surface area (Å²) < 4.78 is 6.37. The Labute approximate surface area is 117 Å². The third-order valence-electron chi connectivity index (χ3n) is 2.93. The van der Waals surface area contributed by atoms with Crippen LogP contribution in [0.5, 0.6) is 0 Å². The molecule has 0 aliphatic rings. The van der Waals surface area contributed by atoms with Gasteiger partial charge in [0.15, 0.2) is 6.10 Å². The van der Waals surface area contributed by atoms with Gasteiger partial charge in [0, 0.05) is 13.7 Å². The van der Waals surface area contributed by atoms with Crippen molar-refractivity contribution in [2.75, 3.05) is 13.7 Å². The second kappa shape index (κ2) is 7.04. The predicted molar refractivity (Wildman–Crippen MR) is 72.8 cm³/mol. The Hall–Kier alpha value is -1.89. The molecule has 1 rings (SSSR count). The third-order valence-corrected chi connectivity index (χ3v) is 2.93. The van der Waals surface area contributed by atoms with E-state index in [2.05, 4.69) is 10.4 Å². The fourth-order valence-corrected chi connectivity index (χ4v) is 1.69. The number of carboxylic acids is 1. The van der Waals surface area contributed by atoms with Crippen molar-refractivity contribution in [2.45, 2.75) is 39.3 Å². The van der Waals surface area contributed by atoms with Gasteiger partial charge in [-0.05, 0) is 18.9 Å². The molecule has 0 radical (unpaired) electrons. The van der Waals surface area contributed by atoms with Gasteiger partial charge in [0.05, 0.1) is 12.2 Å². The molecule has 1 atom stereocenters. The Morgan fingerprint density at radius 2 is 2.15 bits per heavy atom. The topological polar surface area (TPSA) is 93.5 Å². The Bertz CT molecular complexity index is 482. The molecular formula is C13H21N3O4. The lowest BCUT2D eigenvalue weighted by atomic mass is 10.1. The Balaban J connectivity index is 2.79. The van der Waals surface area contributed by atoms with Gasteiger partial charge in [0.1, 0.15) is 5.69 Å². The summed E-state index contributed by atoms with van der Waals surface area (Å²) in [6, 6.07) is 1.73. The molecule has 0 aliphatic carbocycles. The highest BCUT2D eigenvalue weighted by molar-refractivity contribution is 5.93. The lowest BCUT2D eigenvalue weighted by molar-refractivity contribution is -0.148. The monoisotopic (exact) mass is 283 g/mol. The number of nitrogens with zero attached hydrogens (tertiary/aromatic N) is 2. The summed E-state index contributed by atoms with van der Waals surface area (Å²) in [5, 5.41) is 15.7. The van der Waals surface area contributed by atoms with Crippen molar-refractivity contribution in [1.29, 1.82) is 0 Å². The molecule has 1 heterocycles. The lowest BCUT2D eigenvalue weighted by Gasteiger charge is -2.11. The molecule has 0 aromatic carbocycles. The van der Waals surface area contributed by atoms with Crippen LogP contribution in [-0.2, 0) is 16.1 Å². The number of hydrogen-bond donors (Lipinski definition) is 2. The zero-order valence-corrected chi connectivity index (χ0v) is 12.2. The molecule has 0 aliphatic heterocycles. The number of ether oxygens (including phenoxy) is 1. The van der Waals surface area contributed by atoms with Crippen molar-refractivity contribution in [3.8, 4) is 0 Å². The van der Waals surface area contributed by atoms with Gasteiger partial charge >= 0.3 is 5.97 Å². The molecule has 7 heteroatoms. The number of aryl methyl sites for hydroxylation is 1. The molecule has 1 aromatic rings. The van der Waals surface area contributed by atoms with Crippen molar-refractivity contribution >= 4 is 11.9 Å². The average molecular weight is 283 g/mol. The van der Waals surface area contributed by atoms with Crippen LogP contribution in [-0.4, -0.2) is 46.5 Å². The minimum absolute atomic E-state index is 0.0867. The summed E-state index contributed by atoms with van der Waals surface area (Å²) in [5.41, 5.74) is 1.26. The van der Waals surface area contributed by atoms with E-state index < -0.39 is 12.1 Å². The molecule has 0 saturated heterocycles. The number of carboxylic acid groups (broad SMARTS) is 1. The van der Waals surface area contributed by atoms with Gasteiger partial charge in [-0.1, -0.05) is 13.8 Å². The summed E-state index contributed by atoms with van der Waals surface area (Å²) >= 11 is 0. The van der Waals surface area contributed by atoms with Crippen LogP contribution in [0.25, 0.3) is 0 Å². The van der Waals surface area contributed by atoms with Gasteiger partial charge in [0.25, 0.3) is 5.91 Å². The smallest absolute Gasteiger partial charge is 0.334 e. The molecule has 112 valence electrons. The maximum Gasteiger partial charge on any atom is 0.334 e. The van der Waals surface area contributed by atoms with E-state index in [1.807, 2.05) is 20.8 Å². The maximum absolute atomic E-state index is 12.1. The molecule has 0 bridgehead atoms. The normalized spacial score (nSPS) is 12.4. The fraction of sp³-hybridized carbons (Fsp3) is 0.615. The quantitative estimate of drug-likeness (QED) is 0.774. The van der Waals surface area contributed by atoms with Crippen LogP contribution in [0, 0.1) is 0 Å². The zero-order chi connectivity index (χ0) is 15.3. The van der Waals surface area contributed by atoms with Crippen LogP contribution in [0.1, 0.15) is 42.9 Å². The van der Waals surface area contributed by atoms with Gasteiger partial charge in [-0.2, -0.15) is 5.10 Å². The molecule has 20 heavy (non-hydrogen) atoms. The van der Waals surface area contributed by atoms with E-state index >= 15 is 0 Å². The maximum atomic E-state index is 12.1. The van der Waals surface area contributed by atoms with E-state index in [4.69, 9.17) is 9.84 Å². The van der Waals surface area contributed by atoms with E-state index in [-0.39, 0.29) is 18.4 Å². The molecule has 1 unspecified atom stereocenters. The fourth-order valence-electron chi connectivity index (χ4n) is 1.69. The first-order chi connectivity index (χ1) is 9.40. The van der Waals surface area contributed by atoms with Crippen molar-refractivity contribution in [2.24, 2.45) is 0 Å². The lowest BCUT2D eigenvalue weighted by Crippen LogP contribution is -2.38. The Kier molecular flexibility index (Phi) is 5.69. The standard InChI is InChI=1S/C13H21N3O4/c1-5-16-10(6-9(15-16)8(2)3)12(17)14-7-11(20-4)13(18)19/h6,8,11H,5,7H2,1-4H3,(H,14,17)(H,18,19). The zero-order valence-electron chi connectivity index (χ0n) is 12.2. The summed E-state index contributed by atoms with van der Waals surface area (Å²) in [6.45, 7) is 6.37. The van der Waals surface area contributed by atoms with Crippen LogP contribution in [0.4, 0.5) is 0 Å². The van der Waals surface area contributed by atoms with E-state index in [1.54, 1.807) is 10.7 Å². The Morgan fingerprint density at radius 1 is 1.50 bits per heavy atom. The minimum atomic E-state index is -1.11. The van der Waals surface area contributed by atoms with Crippen LogP contribution in [0.3, 0.4) is 0 Å². The van der Waals surface area contributed by atoms with Gasteiger partial charge < -0.3 is 15.2 Å². The highest BCUT2D eigenvalue weighted by Gasteiger charge is 2.20. The third kappa shape index (κ3) is 3.80. The molecule has 0 fully saturated rings. The molecule has 1 amide bonds. The van der Waals surface area contributed by atoms with Gasteiger partial charge in [-0.3, -0.25) is 9.48 Å². The van der Waals surface area contributed by atoms with Crippen molar-refractivity contribution in [3.05, 3.63) is 17.5 Å². The molecule has 0 saturated carbocycles. The minimum Gasteiger partial charge on any atom is -0.479 e. The molecule has 7 nitrogen and oxygen atoms in total. The number of hydrogen-bond acceptors (Lipinski definition) is 4. The summed E-state index contributed by atoms with van der Waals surface area (Å²) in [6.07, 6.45) is -1.05. The molecule has 1 aromatic heterocycles. The number of nitrogens with one attached hydrogen (secondary N) is 1. The van der Waals surface area contributed by atoms with Crippen LogP contribution >= 0.6 is 0 Å². The second-order valence-electron chi connectivity index (χ2n) is 4.70. The number of rotatable bonds is 7. The predicted octanol–water partition coefficient (Wildman–Crippen LogP) is 0.856.